The minimum atomic E-state index is 0.737. The number of nitrogens with zero attached hydrogens (tertiary/aromatic N) is 1. The monoisotopic (exact) mass is 268 g/mol. The number of halogens is 1. The second-order valence-corrected chi connectivity index (χ2v) is 5.45. The second kappa shape index (κ2) is 3.93. The first kappa shape index (κ1) is 9.88. The Morgan fingerprint density at radius 1 is 1.13 bits per heavy atom. The highest BCUT2D eigenvalue weighted by atomic mass is 79.9. The largest absolute Gasteiger partial charge is 0.282 e. The van der Waals surface area contributed by atoms with Gasteiger partial charge in [-0.1, -0.05) is 28.8 Å². The molecule has 2 nitrogen and oxygen atoms in total. The lowest BCUT2D eigenvalue weighted by Crippen LogP contribution is -1.97. The summed E-state index contributed by atoms with van der Waals surface area (Å²) in [6.07, 6.45) is 8.17. The van der Waals surface area contributed by atoms with Gasteiger partial charge in [0.2, 0.25) is 0 Å². The van der Waals surface area contributed by atoms with Crippen LogP contribution in [-0.4, -0.2) is 10.2 Å². The van der Waals surface area contributed by atoms with E-state index in [1.165, 1.54) is 55.5 Å². The van der Waals surface area contributed by atoms with Gasteiger partial charge in [0.15, 0.2) is 0 Å². The number of aromatic nitrogens is 2. The van der Waals surface area contributed by atoms with E-state index in [1.807, 2.05) is 0 Å². The maximum atomic E-state index is 4.58. The molecule has 0 radical (unpaired) electrons. The molecule has 15 heavy (non-hydrogen) atoms. The van der Waals surface area contributed by atoms with Crippen molar-refractivity contribution in [2.45, 2.75) is 55.7 Å². The topological polar surface area (TPSA) is 28.7 Å². The van der Waals surface area contributed by atoms with E-state index in [0.717, 1.165) is 17.2 Å². The second-order valence-electron chi connectivity index (χ2n) is 4.89. The van der Waals surface area contributed by atoms with E-state index in [1.54, 1.807) is 0 Å². The zero-order chi connectivity index (χ0) is 10.3. The van der Waals surface area contributed by atoms with Crippen LogP contribution in [0.4, 0.5) is 0 Å². The van der Waals surface area contributed by atoms with Crippen LogP contribution in [0, 0.1) is 0 Å². The van der Waals surface area contributed by atoms with Crippen LogP contribution in [0.15, 0.2) is 0 Å². The molecule has 2 saturated carbocycles. The van der Waals surface area contributed by atoms with Gasteiger partial charge in [-0.25, -0.2) is 0 Å². The van der Waals surface area contributed by atoms with Crippen molar-refractivity contribution in [2.24, 2.45) is 0 Å². The van der Waals surface area contributed by atoms with Gasteiger partial charge in [0.1, 0.15) is 0 Å². The van der Waals surface area contributed by atoms with Crippen LogP contribution in [0.25, 0.3) is 0 Å². The van der Waals surface area contributed by atoms with Crippen LogP contribution in [0.1, 0.15) is 67.3 Å². The van der Waals surface area contributed by atoms with Crippen molar-refractivity contribution in [2.75, 3.05) is 0 Å². The minimum absolute atomic E-state index is 0.737. The van der Waals surface area contributed by atoms with Gasteiger partial charge in [0.05, 0.1) is 5.69 Å². The Hall–Kier alpha value is -0.310. The average molecular weight is 269 g/mol. The fraction of sp³-hybridized carbons (Fsp3) is 0.750. The third-order valence-electron chi connectivity index (χ3n) is 3.79. The first-order valence-corrected chi connectivity index (χ1v) is 7.15. The van der Waals surface area contributed by atoms with E-state index in [2.05, 4.69) is 26.1 Å². The quantitative estimate of drug-likeness (QED) is 0.830. The molecule has 0 amide bonds. The number of H-pyrrole nitrogens is 1. The Kier molecular flexibility index (Phi) is 2.59. The molecule has 0 aromatic carbocycles. The summed E-state index contributed by atoms with van der Waals surface area (Å²) in [6, 6.07) is 0. The average Bonchev–Trinajstić information content (AvgIpc) is 2.83. The van der Waals surface area contributed by atoms with Crippen molar-refractivity contribution in [3.63, 3.8) is 0 Å². The summed E-state index contributed by atoms with van der Waals surface area (Å²) in [5.74, 6) is 1.53. The fourth-order valence-corrected chi connectivity index (χ4v) is 3.37. The third kappa shape index (κ3) is 1.75. The molecule has 0 unspecified atom stereocenters. The highest BCUT2D eigenvalue weighted by molar-refractivity contribution is 9.08. The molecule has 0 bridgehead atoms. The lowest BCUT2D eigenvalue weighted by atomic mass is 9.99. The fourth-order valence-electron chi connectivity index (χ4n) is 2.78. The summed E-state index contributed by atoms with van der Waals surface area (Å²) in [5, 5.41) is 8.83. The molecule has 3 rings (SSSR count). The molecule has 1 aromatic heterocycles. The van der Waals surface area contributed by atoms with Crippen LogP contribution >= 0.6 is 15.9 Å². The molecular formula is C12H17BrN2. The van der Waals surface area contributed by atoms with E-state index < -0.39 is 0 Å². The lowest BCUT2D eigenvalue weighted by Gasteiger charge is -2.07. The number of alkyl halides is 1. The zero-order valence-electron chi connectivity index (χ0n) is 8.93. The smallest absolute Gasteiger partial charge is 0.0696 e. The predicted molar refractivity (Wildman–Crippen MR) is 64.4 cm³/mol. The van der Waals surface area contributed by atoms with Crippen LogP contribution in [0.5, 0.6) is 0 Å². The molecule has 0 atom stereocenters. The normalized spacial score (nSPS) is 22.5. The van der Waals surface area contributed by atoms with E-state index >= 15 is 0 Å². The van der Waals surface area contributed by atoms with E-state index in [9.17, 15) is 0 Å². The number of aromatic amines is 1. The maximum absolute atomic E-state index is 4.58. The summed E-state index contributed by atoms with van der Waals surface area (Å²) in [7, 11) is 0. The SMILES string of the molecule is BrCc1c(C2CCCC2)n[nH]c1C1CC1. The molecular weight excluding hydrogens is 252 g/mol. The van der Waals surface area contributed by atoms with Crippen molar-refractivity contribution in [1.82, 2.24) is 10.2 Å². The molecule has 1 heterocycles. The van der Waals surface area contributed by atoms with Crippen LogP contribution in [0.3, 0.4) is 0 Å². The number of hydrogen-bond acceptors (Lipinski definition) is 1. The first-order chi connectivity index (χ1) is 7.40. The van der Waals surface area contributed by atoms with Crippen molar-refractivity contribution < 1.29 is 0 Å². The Morgan fingerprint density at radius 3 is 2.47 bits per heavy atom. The Bertz CT molecular complexity index is 349. The summed E-state index contributed by atoms with van der Waals surface area (Å²) < 4.78 is 0. The van der Waals surface area contributed by atoms with Crippen LogP contribution < -0.4 is 0 Å². The lowest BCUT2D eigenvalue weighted by molar-refractivity contribution is 0.688. The van der Waals surface area contributed by atoms with Gasteiger partial charge >= 0.3 is 0 Å². The molecule has 0 spiro atoms. The van der Waals surface area contributed by atoms with Gasteiger partial charge in [-0.2, -0.15) is 5.10 Å². The van der Waals surface area contributed by atoms with E-state index in [-0.39, 0.29) is 0 Å². The Morgan fingerprint density at radius 2 is 1.87 bits per heavy atom. The van der Waals surface area contributed by atoms with Gasteiger partial charge in [-0.15, -0.1) is 0 Å². The van der Waals surface area contributed by atoms with Crippen LogP contribution in [-0.2, 0) is 5.33 Å². The molecule has 82 valence electrons. The van der Waals surface area contributed by atoms with Gasteiger partial charge in [0, 0.05) is 28.4 Å². The Labute approximate surface area is 99.0 Å². The molecule has 2 aliphatic carbocycles. The molecule has 1 N–H and O–H groups in total. The van der Waals surface area contributed by atoms with Gasteiger partial charge in [-0.3, -0.25) is 5.10 Å². The molecule has 2 aliphatic rings. The number of nitrogens with one attached hydrogen (secondary N) is 1. The van der Waals surface area contributed by atoms with E-state index in [0.29, 0.717) is 0 Å². The first-order valence-electron chi connectivity index (χ1n) is 6.03. The molecule has 3 heteroatoms. The maximum Gasteiger partial charge on any atom is 0.0696 e. The summed E-state index contributed by atoms with van der Waals surface area (Å²) in [6.45, 7) is 0. The molecule has 1 aromatic rings. The molecule has 0 aliphatic heterocycles. The van der Waals surface area contributed by atoms with Crippen molar-refractivity contribution >= 4 is 15.9 Å². The summed E-state index contributed by atoms with van der Waals surface area (Å²) >= 11 is 3.62. The van der Waals surface area contributed by atoms with Gasteiger partial charge in [-0.05, 0) is 25.7 Å². The third-order valence-corrected chi connectivity index (χ3v) is 4.35. The van der Waals surface area contributed by atoms with Gasteiger partial charge < -0.3 is 0 Å². The summed E-state index contributed by atoms with van der Waals surface area (Å²) in [5.41, 5.74) is 4.27. The number of hydrogen-bond donors (Lipinski definition) is 1. The van der Waals surface area contributed by atoms with Crippen molar-refractivity contribution in [3.8, 4) is 0 Å². The zero-order valence-corrected chi connectivity index (χ0v) is 10.5. The van der Waals surface area contributed by atoms with Crippen molar-refractivity contribution in [3.05, 3.63) is 17.0 Å². The van der Waals surface area contributed by atoms with Crippen molar-refractivity contribution in [1.29, 1.82) is 0 Å². The Balaban J connectivity index is 1.92. The highest BCUT2D eigenvalue weighted by Crippen LogP contribution is 2.44. The molecule has 2 fully saturated rings. The van der Waals surface area contributed by atoms with Gasteiger partial charge in [0.25, 0.3) is 0 Å². The number of rotatable bonds is 3. The summed E-state index contributed by atoms with van der Waals surface area (Å²) in [4.78, 5) is 0. The highest BCUT2D eigenvalue weighted by Gasteiger charge is 2.31. The predicted octanol–water partition coefficient (Wildman–Crippen LogP) is 3.84. The van der Waals surface area contributed by atoms with E-state index in [4.69, 9.17) is 0 Å². The standard InChI is InChI=1S/C12H17BrN2/c13-7-10-11(8-3-1-2-4-8)14-15-12(10)9-5-6-9/h8-9H,1-7H2,(H,14,15). The minimum Gasteiger partial charge on any atom is -0.282 e. The van der Waals surface area contributed by atoms with Crippen LogP contribution in [0.2, 0.25) is 0 Å². The molecule has 0 saturated heterocycles.